The predicted molar refractivity (Wildman–Crippen MR) is 64.5 cm³/mol. The molecular weight excluding hydrogens is 255 g/mol. The average molecular weight is 270 g/mol. The molecule has 1 amide bonds. The summed E-state index contributed by atoms with van der Waals surface area (Å²) in [7, 11) is 0. The van der Waals surface area contributed by atoms with E-state index in [1.165, 1.54) is 4.90 Å². The number of anilines is 1. The van der Waals surface area contributed by atoms with Crippen molar-refractivity contribution in [3.05, 3.63) is 29.8 Å². The second-order valence-corrected chi connectivity index (χ2v) is 4.60. The Morgan fingerprint density at radius 3 is 2.37 bits per heavy atom. The third-order valence-electron chi connectivity index (χ3n) is 3.33. The molecule has 0 spiro atoms. The van der Waals surface area contributed by atoms with E-state index < -0.39 is 12.0 Å². The second kappa shape index (κ2) is 6.41. The molecule has 0 aromatic heterocycles. The van der Waals surface area contributed by atoms with Crippen molar-refractivity contribution in [3.63, 3.8) is 0 Å². The SMILES string of the molecule is C[C@@H]1CC[C@H](C(=O)[O-])N1C(=O)c1ccc(N)cc1.[Na+]. The maximum atomic E-state index is 12.3. The Morgan fingerprint density at radius 2 is 1.84 bits per heavy atom. The van der Waals surface area contributed by atoms with Crippen molar-refractivity contribution in [1.29, 1.82) is 0 Å². The molecule has 19 heavy (non-hydrogen) atoms. The summed E-state index contributed by atoms with van der Waals surface area (Å²) < 4.78 is 0. The van der Waals surface area contributed by atoms with Crippen LogP contribution in [0.2, 0.25) is 0 Å². The smallest absolute Gasteiger partial charge is 0.548 e. The van der Waals surface area contributed by atoms with Crippen molar-refractivity contribution >= 4 is 17.6 Å². The van der Waals surface area contributed by atoms with Crippen LogP contribution in [0.4, 0.5) is 5.69 Å². The van der Waals surface area contributed by atoms with Crippen LogP contribution in [-0.2, 0) is 4.79 Å². The maximum Gasteiger partial charge on any atom is 1.00 e. The fourth-order valence-electron chi connectivity index (χ4n) is 2.33. The van der Waals surface area contributed by atoms with Crippen LogP contribution in [0.15, 0.2) is 24.3 Å². The molecule has 2 rings (SSSR count). The van der Waals surface area contributed by atoms with E-state index in [0.717, 1.165) is 0 Å². The van der Waals surface area contributed by atoms with Crippen LogP contribution in [0.25, 0.3) is 0 Å². The molecule has 1 aliphatic rings. The normalized spacial score (nSPS) is 21.8. The molecule has 0 saturated carbocycles. The third-order valence-corrected chi connectivity index (χ3v) is 3.33. The fraction of sp³-hybridized carbons (Fsp3) is 0.385. The molecule has 1 heterocycles. The van der Waals surface area contributed by atoms with Crippen LogP contribution in [0.1, 0.15) is 30.1 Å². The van der Waals surface area contributed by atoms with Gasteiger partial charge in [0.25, 0.3) is 5.91 Å². The summed E-state index contributed by atoms with van der Waals surface area (Å²) in [6.07, 6.45) is 1.13. The molecule has 0 bridgehead atoms. The molecule has 1 saturated heterocycles. The number of nitrogen functional groups attached to an aromatic ring is 1. The Morgan fingerprint density at radius 1 is 1.26 bits per heavy atom. The number of hydrogen-bond acceptors (Lipinski definition) is 4. The first kappa shape index (κ1) is 16.0. The van der Waals surface area contributed by atoms with E-state index in [1.54, 1.807) is 24.3 Å². The van der Waals surface area contributed by atoms with E-state index in [0.29, 0.717) is 24.1 Å². The molecule has 96 valence electrons. The van der Waals surface area contributed by atoms with E-state index in [-0.39, 0.29) is 41.5 Å². The number of rotatable bonds is 2. The molecular formula is C13H15N2NaO3. The van der Waals surface area contributed by atoms with E-state index >= 15 is 0 Å². The molecule has 1 aromatic rings. The summed E-state index contributed by atoms with van der Waals surface area (Å²) in [4.78, 5) is 24.7. The number of hydrogen-bond donors (Lipinski definition) is 1. The molecule has 1 fully saturated rings. The maximum absolute atomic E-state index is 12.3. The topological polar surface area (TPSA) is 86.5 Å². The van der Waals surface area contributed by atoms with Crippen molar-refractivity contribution in [1.82, 2.24) is 4.90 Å². The van der Waals surface area contributed by atoms with Gasteiger partial charge in [-0.3, -0.25) is 4.79 Å². The molecule has 2 atom stereocenters. The van der Waals surface area contributed by atoms with E-state index in [1.807, 2.05) is 6.92 Å². The zero-order valence-electron chi connectivity index (χ0n) is 11.1. The van der Waals surface area contributed by atoms with Crippen molar-refractivity contribution in [2.24, 2.45) is 0 Å². The number of carboxylic acids is 1. The quantitative estimate of drug-likeness (QED) is 0.459. The number of benzene rings is 1. The van der Waals surface area contributed by atoms with Crippen LogP contribution in [-0.4, -0.2) is 28.9 Å². The minimum atomic E-state index is -1.19. The van der Waals surface area contributed by atoms with Gasteiger partial charge in [-0.05, 0) is 44.0 Å². The van der Waals surface area contributed by atoms with Gasteiger partial charge in [-0.15, -0.1) is 0 Å². The first-order valence-corrected chi connectivity index (χ1v) is 5.89. The van der Waals surface area contributed by atoms with Crippen molar-refractivity contribution in [2.45, 2.75) is 31.8 Å². The van der Waals surface area contributed by atoms with E-state index in [4.69, 9.17) is 5.73 Å². The zero-order chi connectivity index (χ0) is 13.3. The zero-order valence-corrected chi connectivity index (χ0v) is 13.1. The Hall–Kier alpha value is -1.04. The number of likely N-dealkylation sites (tertiary alicyclic amines) is 1. The van der Waals surface area contributed by atoms with Gasteiger partial charge in [0.15, 0.2) is 0 Å². The molecule has 2 N–H and O–H groups in total. The number of carbonyl (C=O) groups excluding carboxylic acids is 2. The molecule has 1 aromatic carbocycles. The monoisotopic (exact) mass is 270 g/mol. The number of amides is 1. The summed E-state index contributed by atoms with van der Waals surface area (Å²) in [6, 6.07) is 5.55. The molecule has 0 aliphatic carbocycles. The average Bonchev–Trinajstić information content (AvgIpc) is 2.71. The first-order valence-electron chi connectivity index (χ1n) is 5.89. The van der Waals surface area contributed by atoms with E-state index in [2.05, 4.69) is 0 Å². The number of nitrogens with zero attached hydrogens (tertiary/aromatic N) is 1. The molecule has 5 nitrogen and oxygen atoms in total. The largest absolute Gasteiger partial charge is 1.00 e. The summed E-state index contributed by atoms with van der Waals surface area (Å²) >= 11 is 0. The first-order chi connectivity index (χ1) is 8.50. The number of nitrogens with two attached hydrogens (primary N) is 1. The fourth-order valence-corrected chi connectivity index (χ4v) is 2.33. The Bertz CT molecular complexity index is 475. The summed E-state index contributed by atoms with van der Waals surface area (Å²) in [6.45, 7) is 1.85. The van der Waals surface area contributed by atoms with Gasteiger partial charge in [-0.25, -0.2) is 0 Å². The van der Waals surface area contributed by atoms with Gasteiger partial charge >= 0.3 is 29.6 Å². The number of aliphatic carboxylic acids is 1. The van der Waals surface area contributed by atoms with Crippen LogP contribution < -0.4 is 40.4 Å². The number of carboxylic acid groups (broad SMARTS) is 1. The molecule has 1 aliphatic heterocycles. The van der Waals surface area contributed by atoms with Crippen LogP contribution in [0, 0.1) is 0 Å². The van der Waals surface area contributed by atoms with Crippen molar-refractivity contribution < 1.29 is 44.3 Å². The summed E-state index contributed by atoms with van der Waals surface area (Å²) in [5.41, 5.74) is 6.57. The van der Waals surface area contributed by atoms with E-state index in [9.17, 15) is 14.7 Å². The second-order valence-electron chi connectivity index (χ2n) is 4.60. The van der Waals surface area contributed by atoms with Crippen molar-refractivity contribution in [3.8, 4) is 0 Å². The third kappa shape index (κ3) is 3.29. The van der Waals surface area contributed by atoms with Gasteiger partial charge in [0.05, 0.1) is 12.0 Å². The van der Waals surface area contributed by atoms with Crippen LogP contribution in [0.5, 0.6) is 0 Å². The summed E-state index contributed by atoms with van der Waals surface area (Å²) in [5.74, 6) is -1.47. The van der Waals surface area contributed by atoms with Crippen LogP contribution in [0.3, 0.4) is 0 Å². The standard InChI is InChI=1S/C13H16N2O3.Na/c1-8-2-7-11(13(17)18)15(8)12(16)9-3-5-10(14)6-4-9;/h3-6,8,11H,2,7,14H2,1H3,(H,17,18);/q;+1/p-1/t8-,11-;/m1./s1. The predicted octanol–water partition coefficient (Wildman–Crippen LogP) is -2.98. The number of carbonyl (C=O) groups is 2. The Labute approximate surface area is 134 Å². The summed E-state index contributed by atoms with van der Waals surface area (Å²) in [5, 5.41) is 11.0. The molecule has 0 radical (unpaired) electrons. The van der Waals surface area contributed by atoms with Gasteiger partial charge in [-0.1, -0.05) is 0 Å². The van der Waals surface area contributed by atoms with Gasteiger partial charge in [-0.2, -0.15) is 0 Å². The minimum absolute atomic E-state index is 0. The minimum Gasteiger partial charge on any atom is -0.548 e. The molecule has 0 unspecified atom stereocenters. The van der Waals surface area contributed by atoms with Crippen LogP contribution >= 0.6 is 0 Å². The van der Waals surface area contributed by atoms with Crippen molar-refractivity contribution in [2.75, 3.05) is 5.73 Å². The Kier molecular flexibility index (Phi) is 5.40. The Balaban J connectivity index is 0.00000180. The molecule has 6 heteroatoms. The van der Waals surface area contributed by atoms with Gasteiger partial charge in [0.1, 0.15) is 0 Å². The van der Waals surface area contributed by atoms with Gasteiger partial charge in [0, 0.05) is 17.3 Å². The van der Waals surface area contributed by atoms with Gasteiger partial charge < -0.3 is 20.5 Å². The van der Waals surface area contributed by atoms with Gasteiger partial charge in [0.2, 0.25) is 0 Å².